The smallest absolute Gasteiger partial charge is 0.278 e. The van der Waals surface area contributed by atoms with Gasteiger partial charge in [0.25, 0.3) is 11.5 Å². The van der Waals surface area contributed by atoms with Crippen molar-refractivity contribution in [1.82, 2.24) is 14.3 Å². The summed E-state index contributed by atoms with van der Waals surface area (Å²) in [6.45, 7) is 2.21. The van der Waals surface area contributed by atoms with Gasteiger partial charge in [-0.2, -0.15) is 0 Å². The molecular weight excluding hydrogens is 341 g/mol. The molecule has 1 amide bonds. The minimum absolute atomic E-state index is 0.0828. The van der Waals surface area contributed by atoms with Crippen molar-refractivity contribution in [2.75, 3.05) is 0 Å². The molecule has 26 heavy (non-hydrogen) atoms. The van der Waals surface area contributed by atoms with Crippen molar-refractivity contribution in [2.45, 2.75) is 20.0 Å². The molecular formula is C18H16FN3O4. The summed E-state index contributed by atoms with van der Waals surface area (Å²) in [5.41, 5.74) is -1.28. The van der Waals surface area contributed by atoms with E-state index in [4.69, 9.17) is 0 Å². The fraction of sp³-hybridized carbons (Fsp3) is 0.167. The molecule has 8 heteroatoms. The van der Waals surface area contributed by atoms with Gasteiger partial charge in [0.2, 0.25) is 5.43 Å². The molecule has 0 unspecified atom stereocenters. The maximum Gasteiger partial charge on any atom is 0.278 e. The molecule has 0 atom stereocenters. The number of rotatable bonds is 4. The Morgan fingerprint density at radius 2 is 1.88 bits per heavy atom. The Morgan fingerprint density at radius 3 is 2.54 bits per heavy atom. The lowest BCUT2D eigenvalue weighted by atomic mass is 10.2. The molecule has 0 radical (unpaired) electrons. The first-order chi connectivity index (χ1) is 12.4. The van der Waals surface area contributed by atoms with E-state index in [9.17, 15) is 23.9 Å². The second-order valence-electron chi connectivity index (χ2n) is 5.67. The van der Waals surface area contributed by atoms with Crippen LogP contribution in [-0.4, -0.2) is 20.0 Å². The Morgan fingerprint density at radius 1 is 1.19 bits per heavy atom. The van der Waals surface area contributed by atoms with E-state index in [-0.39, 0.29) is 17.6 Å². The van der Waals surface area contributed by atoms with Gasteiger partial charge >= 0.3 is 0 Å². The molecule has 7 nitrogen and oxygen atoms in total. The van der Waals surface area contributed by atoms with Gasteiger partial charge in [0.05, 0.1) is 0 Å². The van der Waals surface area contributed by atoms with Crippen LogP contribution in [0, 0.1) is 5.82 Å². The highest BCUT2D eigenvalue weighted by Gasteiger charge is 2.18. The summed E-state index contributed by atoms with van der Waals surface area (Å²) in [4.78, 5) is 36.9. The molecule has 3 rings (SSSR count). The Kier molecular flexibility index (Phi) is 4.57. The first kappa shape index (κ1) is 17.4. The van der Waals surface area contributed by atoms with Crippen LogP contribution in [0.25, 0.3) is 5.52 Å². The zero-order valence-electron chi connectivity index (χ0n) is 13.9. The molecule has 1 aromatic carbocycles. The number of hydrogen-bond donors (Lipinski definition) is 2. The Bertz CT molecular complexity index is 1100. The van der Waals surface area contributed by atoms with Gasteiger partial charge in [0, 0.05) is 31.7 Å². The van der Waals surface area contributed by atoms with Gasteiger partial charge in [-0.25, -0.2) is 4.39 Å². The van der Waals surface area contributed by atoms with Crippen molar-refractivity contribution >= 4 is 11.4 Å². The number of carbonyl (C=O) groups is 1. The quantitative estimate of drug-likeness (QED) is 0.735. The molecule has 0 aliphatic heterocycles. The van der Waals surface area contributed by atoms with Crippen LogP contribution in [0.3, 0.4) is 0 Å². The second kappa shape index (κ2) is 6.83. The van der Waals surface area contributed by atoms with Crippen LogP contribution in [-0.2, 0) is 13.1 Å². The zero-order chi connectivity index (χ0) is 18.8. The lowest BCUT2D eigenvalue weighted by Crippen LogP contribution is -2.30. The molecule has 3 aromatic rings. The van der Waals surface area contributed by atoms with E-state index >= 15 is 0 Å². The number of hydrogen-bond acceptors (Lipinski definition) is 4. The molecule has 0 aliphatic rings. The van der Waals surface area contributed by atoms with E-state index in [1.807, 2.05) is 0 Å². The van der Waals surface area contributed by atoms with Crippen LogP contribution in [0.15, 0.2) is 52.4 Å². The Balaban J connectivity index is 1.96. The third-order valence-corrected chi connectivity index (χ3v) is 4.03. The van der Waals surface area contributed by atoms with Gasteiger partial charge in [0.15, 0.2) is 11.3 Å². The predicted octanol–water partition coefficient (Wildman–Crippen LogP) is 1.26. The molecule has 0 bridgehead atoms. The van der Waals surface area contributed by atoms with Gasteiger partial charge < -0.3 is 19.4 Å². The number of benzene rings is 1. The lowest BCUT2D eigenvalue weighted by molar-refractivity contribution is 0.0949. The maximum atomic E-state index is 12.9. The van der Waals surface area contributed by atoms with Gasteiger partial charge in [-0.3, -0.25) is 14.4 Å². The van der Waals surface area contributed by atoms with Crippen molar-refractivity contribution < 1.29 is 14.3 Å². The normalized spacial score (nSPS) is 10.8. The van der Waals surface area contributed by atoms with Crippen LogP contribution >= 0.6 is 0 Å². The summed E-state index contributed by atoms with van der Waals surface area (Å²) < 4.78 is 15.5. The highest BCUT2D eigenvalue weighted by atomic mass is 19.1. The lowest BCUT2D eigenvalue weighted by Gasteiger charge is -2.10. The van der Waals surface area contributed by atoms with Crippen molar-refractivity contribution in [3.8, 4) is 5.75 Å². The van der Waals surface area contributed by atoms with Crippen LogP contribution < -0.4 is 16.3 Å². The van der Waals surface area contributed by atoms with Crippen molar-refractivity contribution in [2.24, 2.45) is 0 Å². The molecule has 0 aliphatic carbocycles. The Hall–Kier alpha value is -3.42. The minimum atomic E-state index is -0.924. The molecule has 2 heterocycles. The molecule has 0 saturated heterocycles. The monoisotopic (exact) mass is 357 g/mol. The number of halogens is 1. The number of amides is 1. The summed E-state index contributed by atoms with van der Waals surface area (Å²) in [5.74, 6) is -1.87. The molecule has 2 N–H and O–H groups in total. The van der Waals surface area contributed by atoms with E-state index in [0.717, 1.165) is 0 Å². The van der Waals surface area contributed by atoms with Gasteiger partial charge in [0.1, 0.15) is 11.4 Å². The largest absolute Gasteiger partial charge is 0.503 e. The number of pyridine rings is 1. The third kappa shape index (κ3) is 3.08. The third-order valence-electron chi connectivity index (χ3n) is 4.03. The van der Waals surface area contributed by atoms with E-state index in [1.165, 1.54) is 51.8 Å². The zero-order valence-corrected chi connectivity index (χ0v) is 13.9. The summed E-state index contributed by atoms with van der Waals surface area (Å²) in [7, 11) is 0. The van der Waals surface area contributed by atoms with Crippen LogP contribution in [0.1, 0.15) is 22.8 Å². The molecule has 2 aromatic heterocycles. The van der Waals surface area contributed by atoms with Crippen molar-refractivity contribution in [3.63, 3.8) is 0 Å². The summed E-state index contributed by atoms with van der Waals surface area (Å²) in [6.07, 6.45) is 4.19. The predicted molar refractivity (Wildman–Crippen MR) is 92.8 cm³/mol. The van der Waals surface area contributed by atoms with Crippen LogP contribution in [0.5, 0.6) is 5.75 Å². The van der Waals surface area contributed by atoms with Crippen LogP contribution in [0.4, 0.5) is 4.39 Å². The minimum Gasteiger partial charge on any atom is -0.503 e. The number of nitrogens with zero attached hydrogens (tertiary/aromatic N) is 2. The van der Waals surface area contributed by atoms with Crippen molar-refractivity contribution in [3.05, 3.63) is 80.4 Å². The maximum absolute atomic E-state index is 12.9. The summed E-state index contributed by atoms with van der Waals surface area (Å²) >= 11 is 0. The average molecular weight is 357 g/mol. The molecule has 0 fully saturated rings. The summed E-state index contributed by atoms with van der Waals surface area (Å²) in [5, 5.41) is 12.7. The number of aromatic hydroxyl groups is 1. The van der Waals surface area contributed by atoms with Gasteiger partial charge in [-0.15, -0.1) is 0 Å². The SMILES string of the molecule is CCn1ccn2cc(C(=O)NCc3ccc(F)cc3)c(=O)c(O)c2c1=O. The molecule has 0 spiro atoms. The van der Waals surface area contributed by atoms with E-state index in [1.54, 1.807) is 6.92 Å². The van der Waals surface area contributed by atoms with Gasteiger partial charge in [-0.1, -0.05) is 12.1 Å². The number of nitrogens with one attached hydrogen (secondary N) is 1. The van der Waals surface area contributed by atoms with Crippen molar-refractivity contribution in [1.29, 1.82) is 0 Å². The molecule has 0 saturated carbocycles. The van der Waals surface area contributed by atoms with Gasteiger partial charge in [-0.05, 0) is 24.6 Å². The number of aryl methyl sites for hydroxylation is 1. The van der Waals surface area contributed by atoms with Crippen LogP contribution in [0.2, 0.25) is 0 Å². The van der Waals surface area contributed by atoms with E-state index in [0.29, 0.717) is 12.1 Å². The fourth-order valence-corrected chi connectivity index (χ4v) is 2.60. The standard InChI is InChI=1S/C18H16FN3O4/c1-2-21-7-8-22-10-13(15(23)16(24)14(22)18(21)26)17(25)20-9-11-3-5-12(19)6-4-11/h3-8,10,24H,2,9H2,1H3,(H,20,25). The highest BCUT2D eigenvalue weighted by Crippen LogP contribution is 2.11. The topological polar surface area (TPSA) is 92.8 Å². The Labute approximate surface area is 147 Å². The molecule has 134 valence electrons. The highest BCUT2D eigenvalue weighted by molar-refractivity contribution is 5.94. The summed E-state index contributed by atoms with van der Waals surface area (Å²) in [6, 6.07) is 5.54. The van der Waals surface area contributed by atoms with E-state index in [2.05, 4.69) is 5.32 Å². The number of aromatic nitrogens is 2. The number of fused-ring (bicyclic) bond motifs is 1. The number of carbonyl (C=O) groups excluding carboxylic acids is 1. The fourth-order valence-electron chi connectivity index (χ4n) is 2.60. The second-order valence-corrected chi connectivity index (χ2v) is 5.67. The first-order valence-corrected chi connectivity index (χ1v) is 7.92. The first-order valence-electron chi connectivity index (χ1n) is 7.92. The average Bonchev–Trinajstić information content (AvgIpc) is 2.64. The van der Waals surface area contributed by atoms with E-state index < -0.39 is 28.5 Å².